The topological polar surface area (TPSA) is 76.1 Å². The summed E-state index contributed by atoms with van der Waals surface area (Å²) in [6.07, 6.45) is 3.19. The van der Waals surface area contributed by atoms with Crippen LogP contribution in [0, 0.1) is 6.92 Å². The van der Waals surface area contributed by atoms with Crippen LogP contribution in [0.15, 0.2) is 78.4 Å². The number of Topliss-reactive ketones (excluding diaryl/α,β-unsaturated/α-hetero) is 1. The molecule has 0 bridgehead atoms. The zero-order chi connectivity index (χ0) is 25.7. The van der Waals surface area contributed by atoms with Crippen molar-refractivity contribution in [1.29, 1.82) is 0 Å². The summed E-state index contributed by atoms with van der Waals surface area (Å²) in [4.78, 5) is 28.0. The zero-order valence-corrected chi connectivity index (χ0v) is 20.9. The van der Waals surface area contributed by atoms with Crippen LogP contribution in [-0.4, -0.2) is 30.5 Å². The van der Waals surface area contributed by atoms with Gasteiger partial charge in [-0.15, -0.1) is 0 Å². The fourth-order valence-corrected chi connectivity index (χ4v) is 4.31. The molecule has 4 rings (SSSR count). The number of aliphatic hydroxyl groups excluding tert-OH is 1. The van der Waals surface area contributed by atoms with Gasteiger partial charge < -0.3 is 14.6 Å². The fourth-order valence-electron chi connectivity index (χ4n) is 4.31. The van der Waals surface area contributed by atoms with E-state index < -0.39 is 17.7 Å². The lowest BCUT2D eigenvalue weighted by atomic mass is 9.95. The van der Waals surface area contributed by atoms with E-state index >= 15 is 0 Å². The van der Waals surface area contributed by atoms with Crippen LogP contribution < -0.4 is 14.4 Å². The number of amides is 1. The van der Waals surface area contributed by atoms with Crippen molar-refractivity contribution in [2.75, 3.05) is 18.6 Å². The van der Waals surface area contributed by atoms with Crippen molar-refractivity contribution >= 4 is 23.1 Å². The van der Waals surface area contributed by atoms with Crippen LogP contribution in [-0.2, 0) is 9.59 Å². The van der Waals surface area contributed by atoms with E-state index in [0.29, 0.717) is 34.9 Å². The summed E-state index contributed by atoms with van der Waals surface area (Å²) in [5.41, 5.74) is 2.79. The molecule has 1 atom stereocenters. The summed E-state index contributed by atoms with van der Waals surface area (Å²) in [5, 5.41) is 11.3. The Balaban J connectivity index is 1.75. The largest absolute Gasteiger partial charge is 0.507 e. The third kappa shape index (κ3) is 5.13. The standard InChI is InChI=1S/C30H31NO5/c1-4-5-6-19-36-25-17-11-22(12-18-25)28(32)26-27(21-9-15-24(35-3)16-10-21)31(30(34)29(26)33)23-13-7-20(2)8-14-23/h7-18,27,32H,4-6,19H2,1-3H3/b28-26+. The number of aryl methyl sites for hydroxylation is 1. The van der Waals surface area contributed by atoms with Gasteiger partial charge in [0.25, 0.3) is 11.7 Å². The Hall–Kier alpha value is -4.06. The molecule has 6 nitrogen and oxygen atoms in total. The number of hydrogen-bond acceptors (Lipinski definition) is 5. The SMILES string of the molecule is CCCCCOc1ccc(/C(O)=C2\C(=O)C(=O)N(c3ccc(C)cc3)C2c2ccc(OC)cc2)cc1. The number of unbranched alkanes of at least 4 members (excludes halogenated alkanes) is 2. The van der Waals surface area contributed by atoms with Crippen molar-refractivity contribution in [1.82, 2.24) is 0 Å². The van der Waals surface area contributed by atoms with Crippen molar-refractivity contribution in [3.05, 3.63) is 95.1 Å². The number of ketones is 1. The molecule has 1 saturated heterocycles. The van der Waals surface area contributed by atoms with Gasteiger partial charge in [0.2, 0.25) is 0 Å². The molecule has 0 radical (unpaired) electrons. The number of hydrogen-bond donors (Lipinski definition) is 1. The summed E-state index contributed by atoms with van der Waals surface area (Å²) in [6, 6.07) is 20.7. The molecule has 1 unspecified atom stereocenters. The second-order valence-corrected chi connectivity index (χ2v) is 8.86. The van der Waals surface area contributed by atoms with Crippen molar-refractivity contribution in [3.63, 3.8) is 0 Å². The van der Waals surface area contributed by atoms with Crippen LogP contribution >= 0.6 is 0 Å². The molecule has 0 spiro atoms. The van der Waals surface area contributed by atoms with Gasteiger partial charge in [-0.2, -0.15) is 0 Å². The minimum Gasteiger partial charge on any atom is -0.507 e. The van der Waals surface area contributed by atoms with Crippen LogP contribution in [0.4, 0.5) is 5.69 Å². The number of methoxy groups -OCH3 is 1. The maximum absolute atomic E-state index is 13.3. The van der Waals surface area contributed by atoms with Gasteiger partial charge in [0.05, 0.1) is 25.3 Å². The summed E-state index contributed by atoms with van der Waals surface area (Å²) in [6.45, 7) is 4.72. The molecule has 0 aliphatic carbocycles. The molecule has 1 amide bonds. The Bertz CT molecular complexity index is 1240. The Kier molecular flexibility index (Phi) is 7.74. The number of carbonyl (C=O) groups excluding carboxylic acids is 2. The molecule has 186 valence electrons. The van der Waals surface area contributed by atoms with E-state index in [1.165, 1.54) is 4.90 Å². The number of ether oxygens (including phenoxy) is 2. The highest BCUT2D eigenvalue weighted by molar-refractivity contribution is 6.51. The monoisotopic (exact) mass is 485 g/mol. The second kappa shape index (κ2) is 11.1. The number of anilines is 1. The number of aliphatic hydroxyl groups is 1. The lowest BCUT2D eigenvalue weighted by molar-refractivity contribution is -0.132. The Morgan fingerprint density at radius 2 is 1.53 bits per heavy atom. The Morgan fingerprint density at radius 3 is 2.14 bits per heavy atom. The van der Waals surface area contributed by atoms with Crippen molar-refractivity contribution < 1.29 is 24.2 Å². The van der Waals surface area contributed by atoms with Crippen LogP contribution in [0.3, 0.4) is 0 Å². The maximum Gasteiger partial charge on any atom is 0.300 e. The van der Waals surface area contributed by atoms with Crippen LogP contribution in [0.5, 0.6) is 11.5 Å². The van der Waals surface area contributed by atoms with Crippen molar-refractivity contribution in [3.8, 4) is 11.5 Å². The number of carbonyl (C=O) groups is 2. The van der Waals surface area contributed by atoms with E-state index in [1.54, 1.807) is 55.6 Å². The summed E-state index contributed by atoms with van der Waals surface area (Å²) < 4.78 is 11.0. The van der Waals surface area contributed by atoms with Gasteiger partial charge in [-0.25, -0.2) is 0 Å². The quantitative estimate of drug-likeness (QED) is 0.169. The lowest BCUT2D eigenvalue weighted by Crippen LogP contribution is -2.29. The van der Waals surface area contributed by atoms with Crippen LogP contribution in [0.1, 0.15) is 48.9 Å². The molecule has 1 heterocycles. The summed E-state index contributed by atoms with van der Waals surface area (Å²) >= 11 is 0. The Labute approximate surface area is 211 Å². The predicted molar refractivity (Wildman–Crippen MR) is 140 cm³/mol. The van der Waals surface area contributed by atoms with Gasteiger partial charge >= 0.3 is 0 Å². The normalized spacial score (nSPS) is 16.9. The molecule has 1 N–H and O–H groups in total. The molecule has 0 saturated carbocycles. The number of benzene rings is 3. The zero-order valence-electron chi connectivity index (χ0n) is 20.9. The average Bonchev–Trinajstić information content (AvgIpc) is 3.17. The van der Waals surface area contributed by atoms with Gasteiger partial charge in [-0.05, 0) is 67.4 Å². The average molecular weight is 486 g/mol. The van der Waals surface area contributed by atoms with Gasteiger partial charge in [0, 0.05) is 11.3 Å². The predicted octanol–water partition coefficient (Wildman–Crippen LogP) is 6.20. The van der Waals surface area contributed by atoms with Crippen molar-refractivity contribution in [2.45, 2.75) is 39.2 Å². The Morgan fingerprint density at radius 1 is 0.889 bits per heavy atom. The van der Waals surface area contributed by atoms with Gasteiger partial charge in [-0.1, -0.05) is 49.6 Å². The third-order valence-electron chi connectivity index (χ3n) is 6.33. The summed E-state index contributed by atoms with van der Waals surface area (Å²) in [5.74, 6) is -0.290. The molecule has 1 aliphatic rings. The summed E-state index contributed by atoms with van der Waals surface area (Å²) in [7, 11) is 1.57. The molecule has 3 aromatic rings. The van der Waals surface area contributed by atoms with Crippen LogP contribution in [0.2, 0.25) is 0 Å². The first kappa shape index (κ1) is 25.0. The second-order valence-electron chi connectivity index (χ2n) is 8.86. The first-order chi connectivity index (χ1) is 17.4. The molecule has 3 aromatic carbocycles. The fraction of sp³-hybridized carbons (Fsp3) is 0.267. The molecule has 0 aromatic heterocycles. The van der Waals surface area contributed by atoms with E-state index in [1.807, 2.05) is 31.2 Å². The van der Waals surface area contributed by atoms with E-state index in [4.69, 9.17) is 9.47 Å². The first-order valence-electron chi connectivity index (χ1n) is 12.2. The number of rotatable bonds is 9. The van der Waals surface area contributed by atoms with E-state index in [9.17, 15) is 14.7 Å². The highest BCUT2D eigenvalue weighted by atomic mass is 16.5. The number of nitrogens with zero attached hydrogens (tertiary/aromatic N) is 1. The highest BCUT2D eigenvalue weighted by Crippen LogP contribution is 2.42. The third-order valence-corrected chi connectivity index (χ3v) is 6.33. The van der Waals surface area contributed by atoms with Crippen molar-refractivity contribution in [2.24, 2.45) is 0 Å². The minimum atomic E-state index is -0.788. The lowest BCUT2D eigenvalue weighted by Gasteiger charge is -2.25. The molecule has 6 heteroatoms. The van der Waals surface area contributed by atoms with Gasteiger partial charge in [-0.3, -0.25) is 14.5 Å². The molecular formula is C30H31NO5. The van der Waals surface area contributed by atoms with Gasteiger partial charge in [0.15, 0.2) is 0 Å². The van der Waals surface area contributed by atoms with E-state index in [2.05, 4.69) is 6.92 Å². The van der Waals surface area contributed by atoms with E-state index in [0.717, 1.165) is 24.8 Å². The smallest absolute Gasteiger partial charge is 0.300 e. The molecule has 36 heavy (non-hydrogen) atoms. The van der Waals surface area contributed by atoms with Crippen LogP contribution in [0.25, 0.3) is 5.76 Å². The molecular weight excluding hydrogens is 454 g/mol. The first-order valence-corrected chi connectivity index (χ1v) is 12.2. The highest BCUT2D eigenvalue weighted by Gasteiger charge is 2.46. The molecule has 1 fully saturated rings. The van der Waals surface area contributed by atoms with E-state index in [-0.39, 0.29) is 11.3 Å². The molecule has 1 aliphatic heterocycles. The van der Waals surface area contributed by atoms with Gasteiger partial charge in [0.1, 0.15) is 17.3 Å². The minimum absolute atomic E-state index is 0.0438. The maximum atomic E-state index is 13.3.